The molecular formula is C7H14N2O3. The number of ether oxygens (including phenoxy) is 1. The smallest absolute Gasteiger partial charge is 0.410 e. The first kappa shape index (κ1) is 9.28. The molecule has 0 aromatic rings. The third-order valence-corrected chi connectivity index (χ3v) is 1.91. The molecular weight excluding hydrogens is 160 g/mol. The van der Waals surface area contributed by atoms with Crippen molar-refractivity contribution in [1.29, 1.82) is 0 Å². The molecule has 0 aromatic carbocycles. The van der Waals surface area contributed by atoms with Gasteiger partial charge in [0.05, 0.1) is 12.6 Å². The molecule has 0 aliphatic carbocycles. The monoisotopic (exact) mass is 174 g/mol. The lowest BCUT2D eigenvalue weighted by molar-refractivity contribution is 0.0294. The van der Waals surface area contributed by atoms with Gasteiger partial charge >= 0.3 is 6.09 Å². The van der Waals surface area contributed by atoms with E-state index in [1.54, 1.807) is 7.05 Å². The molecule has 0 radical (unpaired) electrons. The van der Waals surface area contributed by atoms with Crippen molar-refractivity contribution in [3.05, 3.63) is 0 Å². The Bertz CT molecular complexity index is 174. The Kier molecular flexibility index (Phi) is 2.88. The van der Waals surface area contributed by atoms with Gasteiger partial charge in [-0.15, -0.1) is 0 Å². The van der Waals surface area contributed by atoms with Crippen molar-refractivity contribution in [1.82, 2.24) is 4.90 Å². The maximum atomic E-state index is 10.9. The maximum absolute atomic E-state index is 10.9. The number of nitrogens with two attached hydrogens (primary N) is 1. The maximum Gasteiger partial charge on any atom is 0.410 e. The van der Waals surface area contributed by atoms with Crippen molar-refractivity contribution in [2.45, 2.75) is 18.6 Å². The standard InChI is InChI=1S/C7H14N2O3/c1-9-4-6(12-7(9)11)5(10)2-3-8/h5-6,10H,2-4,8H2,1H3. The first-order chi connectivity index (χ1) is 5.65. The summed E-state index contributed by atoms with van der Waals surface area (Å²) in [5.41, 5.74) is 5.25. The Morgan fingerprint density at radius 3 is 3.00 bits per heavy atom. The van der Waals surface area contributed by atoms with Gasteiger partial charge < -0.3 is 20.5 Å². The molecule has 1 fully saturated rings. The Labute approximate surface area is 71.1 Å². The molecule has 1 aliphatic rings. The summed E-state index contributed by atoms with van der Waals surface area (Å²) in [5.74, 6) is 0. The lowest BCUT2D eigenvalue weighted by Crippen LogP contribution is -2.31. The highest BCUT2D eigenvalue weighted by Crippen LogP contribution is 2.13. The zero-order valence-corrected chi connectivity index (χ0v) is 7.06. The van der Waals surface area contributed by atoms with Crippen molar-refractivity contribution in [3.8, 4) is 0 Å². The molecule has 3 N–H and O–H groups in total. The summed E-state index contributed by atoms with van der Waals surface area (Å²) in [5, 5.41) is 9.40. The molecule has 0 bridgehead atoms. The van der Waals surface area contributed by atoms with Gasteiger partial charge in [0.15, 0.2) is 0 Å². The van der Waals surface area contributed by atoms with Crippen molar-refractivity contribution in [2.75, 3.05) is 20.1 Å². The number of nitrogens with zero attached hydrogens (tertiary/aromatic N) is 1. The van der Waals surface area contributed by atoms with Crippen molar-refractivity contribution >= 4 is 6.09 Å². The van der Waals surface area contributed by atoms with Gasteiger partial charge in [-0.1, -0.05) is 0 Å². The number of likely N-dealkylation sites (N-methyl/N-ethyl adjacent to an activating group) is 1. The second-order valence-corrected chi connectivity index (χ2v) is 2.95. The number of rotatable bonds is 3. The van der Waals surface area contributed by atoms with Gasteiger partial charge in [-0.2, -0.15) is 0 Å². The number of amides is 1. The highest BCUT2D eigenvalue weighted by molar-refractivity contribution is 5.69. The Morgan fingerprint density at radius 2 is 2.58 bits per heavy atom. The summed E-state index contributed by atoms with van der Waals surface area (Å²) in [4.78, 5) is 12.3. The number of carbonyl (C=O) groups excluding carboxylic acids is 1. The number of hydrogen-bond donors (Lipinski definition) is 2. The summed E-state index contributed by atoms with van der Waals surface area (Å²) in [6.07, 6.45) is -0.961. The van der Waals surface area contributed by atoms with Crippen LogP contribution in [0.25, 0.3) is 0 Å². The minimum atomic E-state index is -0.635. The van der Waals surface area contributed by atoms with E-state index in [-0.39, 0.29) is 6.09 Å². The van der Waals surface area contributed by atoms with Gasteiger partial charge in [0.1, 0.15) is 6.10 Å². The van der Waals surface area contributed by atoms with Crippen LogP contribution in [0.3, 0.4) is 0 Å². The molecule has 2 unspecified atom stereocenters. The van der Waals surface area contributed by atoms with E-state index in [2.05, 4.69) is 0 Å². The molecule has 1 aliphatic heterocycles. The topological polar surface area (TPSA) is 75.8 Å². The van der Waals surface area contributed by atoms with Gasteiger partial charge in [-0.05, 0) is 13.0 Å². The van der Waals surface area contributed by atoms with E-state index in [4.69, 9.17) is 10.5 Å². The van der Waals surface area contributed by atoms with Crippen LogP contribution >= 0.6 is 0 Å². The lowest BCUT2D eigenvalue weighted by Gasteiger charge is -2.14. The molecule has 0 aromatic heterocycles. The van der Waals surface area contributed by atoms with Crippen LogP contribution in [0.5, 0.6) is 0 Å². The van der Waals surface area contributed by atoms with Gasteiger partial charge in [-0.25, -0.2) is 4.79 Å². The molecule has 0 saturated carbocycles. The Balaban J connectivity index is 2.40. The number of aliphatic hydroxyl groups is 1. The first-order valence-corrected chi connectivity index (χ1v) is 3.95. The largest absolute Gasteiger partial charge is 0.441 e. The van der Waals surface area contributed by atoms with Gasteiger partial charge in [0, 0.05) is 7.05 Å². The normalized spacial score (nSPS) is 25.8. The van der Waals surface area contributed by atoms with Crippen molar-refractivity contribution < 1.29 is 14.6 Å². The molecule has 2 atom stereocenters. The predicted octanol–water partition coefficient (Wildman–Crippen LogP) is -0.853. The highest BCUT2D eigenvalue weighted by Gasteiger charge is 2.32. The van der Waals surface area contributed by atoms with Crippen LogP contribution < -0.4 is 5.73 Å². The van der Waals surface area contributed by atoms with Crippen LogP contribution in [0.4, 0.5) is 4.79 Å². The zero-order valence-electron chi connectivity index (χ0n) is 7.06. The van der Waals surface area contributed by atoms with Gasteiger partial charge in [0.2, 0.25) is 0 Å². The Hall–Kier alpha value is -0.810. The fourth-order valence-corrected chi connectivity index (χ4v) is 1.16. The molecule has 1 rings (SSSR count). The first-order valence-electron chi connectivity index (χ1n) is 3.95. The summed E-state index contributed by atoms with van der Waals surface area (Å²) >= 11 is 0. The van der Waals surface area contributed by atoms with Crippen LogP contribution in [-0.4, -0.2) is 48.4 Å². The SMILES string of the molecule is CN1CC(C(O)CCN)OC1=O. The molecule has 12 heavy (non-hydrogen) atoms. The zero-order chi connectivity index (χ0) is 9.14. The average molecular weight is 174 g/mol. The number of carbonyl (C=O) groups is 1. The quantitative estimate of drug-likeness (QED) is 0.584. The predicted molar refractivity (Wildman–Crippen MR) is 42.6 cm³/mol. The highest BCUT2D eigenvalue weighted by atomic mass is 16.6. The minimum absolute atomic E-state index is 0.379. The average Bonchev–Trinajstić information content (AvgIpc) is 2.33. The summed E-state index contributed by atoms with van der Waals surface area (Å²) in [6.45, 7) is 0.846. The van der Waals surface area contributed by atoms with Crippen molar-refractivity contribution in [2.24, 2.45) is 5.73 Å². The van der Waals surface area contributed by atoms with Gasteiger partial charge in [-0.3, -0.25) is 0 Å². The lowest BCUT2D eigenvalue weighted by atomic mass is 10.1. The molecule has 1 heterocycles. The van der Waals surface area contributed by atoms with E-state index in [0.29, 0.717) is 19.5 Å². The van der Waals surface area contributed by atoms with Crippen LogP contribution in [-0.2, 0) is 4.74 Å². The second-order valence-electron chi connectivity index (χ2n) is 2.95. The molecule has 70 valence electrons. The van der Waals surface area contributed by atoms with E-state index in [1.165, 1.54) is 4.90 Å². The number of hydrogen-bond acceptors (Lipinski definition) is 4. The molecule has 5 nitrogen and oxygen atoms in total. The molecule has 5 heteroatoms. The Morgan fingerprint density at radius 1 is 1.92 bits per heavy atom. The molecule has 0 spiro atoms. The van der Waals surface area contributed by atoms with E-state index in [9.17, 15) is 9.90 Å². The van der Waals surface area contributed by atoms with Crippen LogP contribution in [0.15, 0.2) is 0 Å². The number of cyclic esters (lactones) is 1. The van der Waals surface area contributed by atoms with E-state index in [1.807, 2.05) is 0 Å². The molecule has 1 amide bonds. The summed E-state index contributed by atoms with van der Waals surface area (Å²) < 4.78 is 4.87. The summed E-state index contributed by atoms with van der Waals surface area (Å²) in [7, 11) is 1.64. The third-order valence-electron chi connectivity index (χ3n) is 1.91. The van der Waals surface area contributed by atoms with E-state index >= 15 is 0 Å². The van der Waals surface area contributed by atoms with E-state index < -0.39 is 12.2 Å². The van der Waals surface area contributed by atoms with E-state index in [0.717, 1.165) is 0 Å². The van der Waals surface area contributed by atoms with Crippen molar-refractivity contribution in [3.63, 3.8) is 0 Å². The van der Waals surface area contributed by atoms with Crippen LogP contribution in [0, 0.1) is 0 Å². The fourth-order valence-electron chi connectivity index (χ4n) is 1.16. The third kappa shape index (κ3) is 1.86. The van der Waals surface area contributed by atoms with Gasteiger partial charge in [0.25, 0.3) is 0 Å². The van der Waals surface area contributed by atoms with Crippen LogP contribution in [0.1, 0.15) is 6.42 Å². The summed E-state index contributed by atoms with van der Waals surface area (Å²) in [6, 6.07) is 0. The molecule has 1 saturated heterocycles. The minimum Gasteiger partial charge on any atom is -0.441 e. The second kappa shape index (κ2) is 3.73. The van der Waals surface area contributed by atoms with Crippen LogP contribution in [0.2, 0.25) is 0 Å². The fraction of sp³-hybridized carbons (Fsp3) is 0.857. The number of aliphatic hydroxyl groups excluding tert-OH is 1.